The van der Waals surface area contributed by atoms with Gasteiger partial charge >= 0.3 is 0 Å². The number of nitro groups is 1. The van der Waals surface area contributed by atoms with E-state index in [-0.39, 0.29) is 5.69 Å². The third-order valence-corrected chi connectivity index (χ3v) is 4.38. The Morgan fingerprint density at radius 3 is 2.48 bits per heavy atom. The number of benzene rings is 2. The molecule has 8 heteroatoms. The van der Waals surface area contributed by atoms with Gasteiger partial charge in [0.05, 0.1) is 10.6 Å². The Labute approximate surface area is 121 Å². The van der Waals surface area contributed by atoms with Crippen LogP contribution in [0.4, 0.5) is 17.1 Å². The number of nitrogens with zero attached hydrogens (tertiary/aromatic N) is 1. The van der Waals surface area contributed by atoms with E-state index in [1.165, 1.54) is 24.3 Å². The van der Waals surface area contributed by atoms with Crippen molar-refractivity contribution in [2.24, 2.45) is 0 Å². The zero-order valence-electron chi connectivity index (χ0n) is 11.1. The van der Waals surface area contributed by atoms with Crippen molar-refractivity contribution in [1.29, 1.82) is 0 Å². The fraction of sp³-hybridized carbons (Fsp3) is 0.0769. The van der Waals surface area contributed by atoms with Gasteiger partial charge in [-0.1, -0.05) is 18.2 Å². The van der Waals surface area contributed by atoms with Gasteiger partial charge in [-0.2, -0.15) is 0 Å². The Kier molecular flexibility index (Phi) is 3.81. The van der Waals surface area contributed by atoms with E-state index in [4.69, 9.17) is 5.73 Å². The third kappa shape index (κ3) is 2.95. The summed E-state index contributed by atoms with van der Waals surface area (Å²) in [6, 6.07) is 9.93. The third-order valence-electron chi connectivity index (χ3n) is 2.97. The van der Waals surface area contributed by atoms with Crippen LogP contribution >= 0.6 is 0 Å². The molecule has 0 amide bonds. The molecule has 0 spiro atoms. The number of nitrogen functional groups attached to an aromatic ring is 1. The number of para-hydroxylation sites is 1. The number of rotatable bonds is 4. The Balaban J connectivity index is 2.49. The molecule has 0 bridgehead atoms. The van der Waals surface area contributed by atoms with Crippen LogP contribution in [0.25, 0.3) is 0 Å². The van der Waals surface area contributed by atoms with E-state index >= 15 is 0 Å². The summed E-state index contributed by atoms with van der Waals surface area (Å²) < 4.78 is 27.0. The maximum absolute atomic E-state index is 12.3. The first kappa shape index (κ1) is 14.8. The van der Waals surface area contributed by atoms with Crippen molar-refractivity contribution in [3.63, 3.8) is 0 Å². The van der Waals surface area contributed by atoms with E-state index in [1.54, 1.807) is 19.1 Å². The highest BCUT2D eigenvalue weighted by atomic mass is 32.2. The summed E-state index contributed by atoms with van der Waals surface area (Å²) in [6.45, 7) is 1.66. The monoisotopic (exact) mass is 307 g/mol. The van der Waals surface area contributed by atoms with E-state index in [9.17, 15) is 18.5 Å². The second-order valence-corrected chi connectivity index (χ2v) is 6.00. The lowest BCUT2D eigenvalue weighted by Gasteiger charge is -2.12. The number of hydrogen-bond donors (Lipinski definition) is 2. The summed E-state index contributed by atoms with van der Waals surface area (Å²) in [4.78, 5) is 9.81. The minimum atomic E-state index is -4.08. The topological polar surface area (TPSA) is 115 Å². The first-order valence-corrected chi connectivity index (χ1v) is 7.42. The Bertz CT molecular complexity index is 803. The van der Waals surface area contributed by atoms with Crippen LogP contribution in [0.2, 0.25) is 0 Å². The zero-order valence-corrected chi connectivity index (χ0v) is 11.9. The quantitative estimate of drug-likeness (QED) is 0.511. The molecule has 0 aromatic heterocycles. The van der Waals surface area contributed by atoms with Crippen LogP contribution in [0.15, 0.2) is 47.4 Å². The number of sulfonamides is 1. The smallest absolute Gasteiger partial charge is 0.289 e. The summed E-state index contributed by atoms with van der Waals surface area (Å²) >= 11 is 0. The average molecular weight is 307 g/mol. The second-order valence-electron chi connectivity index (χ2n) is 4.35. The summed E-state index contributed by atoms with van der Waals surface area (Å²) in [6.07, 6.45) is 0. The van der Waals surface area contributed by atoms with Gasteiger partial charge in [0.15, 0.2) is 4.90 Å². The molecular weight excluding hydrogens is 294 g/mol. The van der Waals surface area contributed by atoms with Crippen molar-refractivity contribution < 1.29 is 13.3 Å². The van der Waals surface area contributed by atoms with Gasteiger partial charge in [-0.05, 0) is 30.7 Å². The SMILES string of the molecule is Cc1c(N)cccc1NS(=O)(=O)c1ccccc1[N+](=O)[O-]. The molecule has 0 radical (unpaired) electrons. The fourth-order valence-corrected chi connectivity index (χ4v) is 3.10. The summed E-state index contributed by atoms with van der Waals surface area (Å²) in [5, 5.41) is 10.9. The van der Waals surface area contributed by atoms with Gasteiger partial charge in [0.2, 0.25) is 0 Å². The predicted octanol–water partition coefficient (Wildman–Crippen LogP) is 2.29. The maximum atomic E-state index is 12.3. The van der Waals surface area contributed by atoms with Crippen molar-refractivity contribution in [1.82, 2.24) is 0 Å². The lowest BCUT2D eigenvalue weighted by Crippen LogP contribution is -2.15. The van der Waals surface area contributed by atoms with Crippen LogP contribution < -0.4 is 10.5 Å². The van der Waals surface area contributed by atoms with Gasteiger partial charge in [0.1, 0.15) is 0 Å². The fourth-order valence-electron chi connectivity index (χ4n) is 1.80. The molecule has 0 heterocycles. The van der Waals surface area contributed by atoms with Crippen LogP contribution in [0.1, 0.15) is 5.56 Å². The molecule has 110 valence electrons. The Morgan fingerprint density at radius 2 is 1.81 bits per heavy atom. The number of nitro benzene ring substituents is 1. The standard InChI is InChI=1S/C13H13N3O4S/c1-9-10(14)5-4-6-11(9)15-21(19,20)13-8-3-2-7-12(13)16(17)18/h2-8,15H,14H2,1H3. The van der Waals surface area contributed by atoms with Crippen LogP contribution in [0.5, 0.6) is 0 Å². The molecule has 0 atom stereocenters. The van der Waals surface area contributed by atoms with Gasteiger partial charge in [-0.25, -0.2) is 8.42 Å². The molecule has 0 saturated carbocycles. The number of nitrogens with one attached hydrogen (secondary N) is 1. The molecule has 0 aliphatic heterocycles. The van der Waals surface area contributed by atoms with Crippen molar-refractivity contribution in [2.75, 3.05) is 10.5 Å². The zero-order chi connectivity index (χ0) is 15.6. The van der Waals surface area contributed by atoms with Gasteiger partial charge in [-0.15, -0.1) is 0 Å². The molecule has 0 fully saturated rings. The molecule has 2 aromatic carbocycles. The lowest BCUT2D eigenvalue weighted by atomic mass is 10.2. The maximum Gasteiger partial charge on any atom is 0.289 e. The molecule has 21 heavy (non-hydrogen) atoms. The average Bonchev–Trinajstić information content (AvgIpc) is 2.44. The molecule has 0 aliphatic carbocycles. The van der Waals surface area contributed by atoms with Crippen molar-refractivity contribution >= 4 is 27.1 Å². The molecule has 0 saturated heterocycles. The summed E-state index contributed by atoms with van der Waals surface area (Å²) in [7, 11) is -4.08. The normalized spacial score (nSPS) is 11.1. The van der Waals surface area contributed by atoms with Crippen molar-refractivity contribution in [2.45, 2.75) is 11.8 Å². The number of nitrogens with two attached hydrogens (primary N) is 1. The molecular formula is C13H13N3O4S. The van der Waals surface area contributed by atoms with Crippen LogP contribution in [-0.2, 0) is 10.0 Å². The van der Waals surface area contributed by atoms with Crippen LogP contribution in [-0.4, -0.2) is 13.3 Å². The molecule has 2 aromatic rings. The van der Waals surface area contributed by atoms with E-state index in [2.05, 4.69) is 4.72 Å². The first-order valence-electron chi connectivity index (χ1n) is 5.94. The van der Waals surface area contributed by atoms with Crippen LogP contribution in [0.3, 0.4) is 0 Å². The molecule has 7 nitrogen and oxygen atoms in total. The minimum Gasteiger partial charge on any atom is -0.398 e. The number of anilines is 2. The van der Waals surface area contributed by atoms with Gasteiger partial charge in [0.25, 0.3) is 15.7 Å². The molecule has 0 aliphatic rings. The Hall–Kier alpha value is -2.61. The summed E-state index contributed by atoms with van der Waals surface area (Å²) in [5.74, 6) is 0. The highest BCUT2D eigenvalue weighted by Crippen LogP contribution is 2.27. The van der Waals surface area contributed by atoms with Gasteiger partial charge < -0.3 is 5.73 Å². The minimum absolute atomic E-state index is 0.285. The van der Waals surface area contributed by atoms with E-state index in [0.29, 0.717) is 11.3 Å². The predicted molar refractivity (Wildman–Crippen MR) is 79.5 cm³/mol. The van der Waals surface area contributed by atoms with Crippen molar-refractivity contribution in [3.05, 3.63) is 58.1 Å². The Morgan fingerprint density at radius 1 is 1.14 bits per heavy atom. The van der Waals surface area contributed by atoms with E-state index in [0.717, 1.165) is 6.07 Å². The van der Waals surface area contributed by atoms with E-state index in [1.807, 2.05) is 0 Å². The highest BCUT2D eigenvalue weighted by Gasteiger charge is 2.25. The summed E-state index contributed by atoms with van der Waals surface area (Å²) in [5.41, 5.74) is 6.50. The highest BCUT2D eigenvalue weighted by molar-refractivity contribution is 7.92. The van der Waals surface area contributed by atoms with Gasteiger partial charge in [-0.3, -0.25) is 14.8 Å². The van der Waals surface area contributed by atoms with Crippen LogP contribution in [0, 0.1) is 17.0 Å². The molecule has 0 unspecified atom stereocenters. The van der Waals surface area contributed by atoms with Gasteiger partial charge in [0, 0.05) is 11.8 Å². The second kappa shape index (κ2) is 5.41. The first-order chi connectivity index (χ1) is 9.83. The lowest BCUT2D eigenvalue weighted by molar-refractivity contribution is -0.387. The van der Waals surface area contributed by atoms with Crippen molar-refractivity contribution in [3.8, 4) is 0 Å². The largest absolute Gasteiger partial charge is 0.398 e. The molecule has 3 N–H and O–H groups in total. The van der Waals surface area contributed by atoms with E-state index < -0.39 is 25.5 Å². The molecule has 2 rings (SSSR count). The number of hydrogen-bond acceptors (Lipinski definition) is 5.